The molecule has 1 fully saturated rings. The van der Waals surface area contributed by atoms with Gasteiger partial charge in [0.15, 0.2) is 4.34 Å². The van der Waals surface area contributed by atoms with Gasteiger partial charge in [-0.3, -0.25) is 9.69 Å². The predicted octanol–water partition coefficient (Wildman–Crippen LogP) is 5.20. The van der Waals surface area contributed by atoms with Gasteiger partial charge < -0.3 is 4.90 Å². The highest BCUT2D eigenvalue weighted by Gasteiger charge is 2.50. The van der Waals surface area contributed by atoms with Crippen molar-refractivity contribution < 1.29 is 4.79 Å². The van der Waals surface area contributed by atoms with E-state index in [0.717, 1.165) is 26.1 Å². The summed E-state index contributed by atoms with van der Waals surface area (Å²) in [6.07, 6.45) is 0. The molecule has 0 N–H and O–H groups in total. The molecular weight excluding hydrogens is 470 g/mol. The minimum atomic E-state index is -0.606. The van der Waals surface area contributed by atoms with Crippen molar-refractivity contribution in [2.45, 2.75) is 21.5 Å². The molecule has 31 heavy (non-hydrogen) atoms. The van der Waals surface area contributed by atoms with Gasteiger partial charge in [0.25, 0.3) is 0 Å². The van der Waals surface area contributed by atoms with Gasteiger partial charge in [-0.05, 0) is 18.2 Å². The third-order valence-corrected chi connectivity index (χ3v) is 8.74. The van der Waals surface area contributed by atoms with Crippen molar-refractivity contribution in [3.8, 4) is 0 Å². The predicted molar refractivity (Wildman–Crippen MR) is 130 cm³/mol. The van der Waals surface area contributed by atoms with Crippen LogP contribution in [0, 0.1) is 0 Å². The number of thiazole rings is 1. The van der Waals surface area contributed by atoms with Gasteiger partial charge in [-0.25, -0.2) is 4.98 Å². The summed E-state index contributed by atoms with van der Waals surface area (Å²) in [5, 5.41) is 9.44. The van der Waals surface area contributed by atoms with Crippen molar-refractivity contribution in [1.82, 2.24) is 15.2 Å². The molecule has 0 aliphatic carbocycles. The first-order valence-electron chi connectivity index (χ1n) is 9.57. The van der Waals surface area contributed by atoms with Gasteiger partial charge in [0.1, 0.15) is 10.4 Å². The van der Waals surface area contributed by atoms with Crippen LogP contribution in [0.5, 0.6) is 0 Å². The number of fused-ring (bicyclic) bond motifs is 1. The highest BCUT2D eigenvalue weighted by Crippen LogP contribution is 2.46. The van der Waals surface area contributed by atoms with Crippen molar-refractivity contribution in [3.05, 3.63) is 59.1 Å². The third-order valence-electron chi connectivity index (χ3n) is 5.02. The third kappa shape index (κ3) is 3.80. The number of carbonyl (C=O) groups is 1. The maximum Gasteiger partial charge on any atom is 0.250 e. The Morgan fingerprint density at radius 1 is 1.10 bits per heavy atom. The summed E-state index contributed by atoms with van der Waals surface area (Å²) < 4.78 is 2.17. The molecule has 2 aromatic heterocycles. The van der Waals surface area contributed by atoms with E-state index in [1.807, 2.05) is 61.5 Å². The van der Waals surface area contributed by atoms with Crippen LogP contribution in [0.15, 0.2) is 52.9 Å². The molecule has 0 radical (unpaired) electrons. The largest absolute Gasteiger partial charge is 0.377 e. The second-order valence-electron chi connectivity index (χ2n) is 7.22. The molecule has 1 aliphatic rings. The van der Waals surface area contributed by atoms with Gasteiger partial charge in [0, 0.05) is 25.3 Å². The number of rotatable bonds is 6. The van der Waals surface area contributed by atoms with Crippen LogP contribution in [0.4, 0.5) is 10.8 Å². The topological polar surface area (TPSA) is 62.2 Å². The van der Waals surface area contributed by atoms with E-state index in [1.165, 1.54) is 16.0 Å². The number of nitrogens with zero attached hydrogens (tertiary/aromatic N) is 5. The van der Waals surface area contributed by atoms with E-state index < -0.39 is 5.38 Å². The summed E-state index contributed by atoms with van der Waals surface area (Å²) in [7, 11) is 3.96. The number of hydrogen-bond acceptors (Lipinski definition) is 8. The van der Waals surface area contributed by atoms with Crippen LogP contribution in [0.1, 0.15) is 16.6 Å². The van der Waals surface area contributed by atoms with E-state index >= 15 is 0 Å². The first-order valence-corrected chi connectivity index (χ1v) is 12.6. The molecule has 10 heteroatoms. The standard InChI is InChI=1S/C21H18ClN5OS3/c1-26(2)14-9-5-3-7-12(14)18-17(22)19(28)27(18)20-25-24-16(31-20)11-29-21-23-13-8-4-6-10-15(13)30-21/h3-10,17-18H,11H2,1-2H3. The van der Waals surface area contributed by atoms with Crippen LogP contribution < -0.4 is 9.80 Å². The Labute approximate surface area is 196 Å². The number of para-hydroxylation sites is 2. The minimum Gasteiger partial charge on any atom is -0.377 e. The van der Waals surface area contributed by atoms with Crippen molar-refractivity contribution in [2.24, 2.45) is 0 Å². The quantitative estimate of drug-likeness (QED) is 0.211. The Morgan fingerprint density at radius 3 is 2.68 bits per heavy atom. The number of thioether (sulfide) groups is 1. The lowest BCUT2D eigenvalue weighted by atomic mass is 9.92. The summed E-state index contributed by atoms with van der Waals surface area (Å²) in [4.78, 5) is 21.0. The molecule has 158 valence electrons. The SMILES string of the molecule is CN(C)c1ccccc1C1C(Cl)C(=O)N1c1nnc(CSc2nc3ccccc3s2)s1. The number of amides is 1. The lowest BCUT2D eigenvalue weighted by Crippen LogP contribution is -2.56. The van der Waals surface area contributed by atoms with Gasteiger partial charge >= 0.3 is 0 Å². The fraction of sp³-hybridized carbons (Fsp3) is 0.238. The summed E-state index contributed by atoms with van der Waals surface area (Å²) in [6.45, 7) is 0. The monoisotopic (exact) mass is 487 g/mol. The Balaban J connectivity index is 1.35. The van der Waals surface area contributed by atoms with Crippen LogP contribution in [0.2, 0.25) is 0 Å². The molecular formula is C21H18ClN5OS3. The zero-order valence-corrected chi connectivity index (χ0v) is 19.9. The molecule has 5 rings (SSSR count). The molecule has 3 heterocycles. The highest BCUT2D eigenvalue weighted by atomic mass is 35.5. The number of halogens is 1. The first kappa shape index (κ1) is 20.7. The maximum absolute atomic E-state index is 12.6. The van der Waals surface area contributed by atoms with E-state index in [9.17, 15) is 4.79 Å². The lowest BCUT2D eigenvalue weighted by Gasteiger charge is -2.43. The van der Waals surface area contributed by atoms with Crippen LogP contribution in [-0.4, -0.2) is 40.6 Å². The van der Waals surface area contributed by atoms with Crippen molar-refractivity contribution in [1.29, 1.82) is 0 Å². The van der Waals surface area contributed by atoms with Crippen molar-refractivity contribution in [2.75, 3.05) is 23.9 Å². The molecule has 6 nitrogen and oxygen atoms in total. The molecule has 1 aliphatic heterocycles. The molecule has 0 bridgehead atoms. The number of hydrogen-bond donors (Lipinski definition) is 0. The van der Waals surface area contributed by atoms with E-state index in [4.69, 9.17) is 11.6 Å². The molecule has 2 atom stereocenters. The second-order valence-corrected chi connectivity index (χ2v) is 11.0. The van der Waals surface area contributed by atoms with E-state index in [2.05, 4.69) is 21.2 Å². The van der Waals surface area contributed by atoms with Gasteiger partial charge in [0.05, 0.1) is 22.0 Å². The molecule has 2 aromatic carbocycles. The Kier molecular flexibility index (Phi) is 5.60. The molecule has 1 amide bonds. The van der Waals surface area contributed by atoms with Crippen LogP contribution in [-0.2, 0) is 10.5 Å². The summed E-state index contributed by atoms with van der Waals surface area (Å²) >= 11 is 11.2. The van der Waals surface area contributed by atoms with E-state index in [1.54, 1.807) is 28.0 Å². The van der Waals surface area contributed by atoms with Crippen molar-refractivity contribution >= 4 is 73.0 Å². The fourth-order valence-corrected chi connectivity index (χ4v) is 6.83. The van der Waals surface area contributed by atoms with Crippen LogP contribution in [0.3, 0.4) is 0 Å². The number of aromatic nitrogens is 3. The lowest BCUT2D eigenvalue weighted by molar-refractivity contribution is -0.123. The van der Waals surface area contributed by atoms with Gasteiger partial charge in [-0.2, -0.15) is 0 Å². The average Bonchev–Trinajstić information content (AvgIpc) is 3.41. The van der Waals surface area contributed by atoms with Gasteiger partial charge in [-0.1, -0.05) is 53.4 Å². The number of carbonyl (C=O) groups excluding carboxylic acids is 1. The summed E-state index contributed by atoms with van der Waals surface area (Å²) in [5.41, 5.74) is 3.05. The summed E-state index contributed by atoms with van der Waals surface area (Å²) in [5.74, 6) is 0.518. The second kappa shape index (κ2) is 8.38. The number of β-lactam (4-membered cyclic amide) rings is 1. The highest BCUT2D eigenvalue weighted by molar-refractivity contribution is 8.00. The Bertz CT molecular complexity index is 1220. The molecule has 2 unspecified atom stereocenters. The van der Waals surface area contributed by atoms with E-state index in [0.29, 0.717) is 10.9 Å². The molecule has 0 saturated carbocycles. The zero-order valence-electron chi connectivity index (χ0n) is 16.7. The maximum atomic E-state index is 12.6. The number of benzene rings is 2. The zero-order chi connectivity index (χ0) is 21.5. The fourth-order valence-electron chi connectivity index (χ4n) is 3.55. The van der Waals surface area contributed by atoms with E-state index in [-0.39, 0.29) is 11.9 Å². The molecule has 4 aromatic rings. The minimum absolute atomic E-state index is 0.137. The van der Waals surface area contributed by atoms with Crippen molar-refractivity contribution in [3.63, 3.8) is 0 Å². The van der Waals surface area contributed by atoms with Crippen LogP contribution in [0.25, 0.3) is 10.2 Å². The smallest absolute Gasteiger partial charge is 0.250 e. The normalized spacial score (nSPS) is 18.4. The Hall–Kier alpha value is -2.20. The number of anilines is 2. The van der Waals surface area contributed by atoms with Crippen LogP contribution >= 0.6 is 46.0 Å². The molecule has 0 spiro atoms. The van der Waals surface area contributed by atoms with Gasteiger partial charge in [-0.15, -0.1) is 33.1 Å². The Morgan fingerprint density at radius 2 is 1.87 bits per heavy atom. The summed E-state index contributed by atoms with van der Waals surface area (Å²) in [6, 6.07) is 15.8. The number of alkyl halides is 1. The average molecular weight is 488 g/mol. The first-order chi connectivity index (χ1) is 15.0. The molecule has 1 saturated heterocycles. The van der Waals surface area contributed by atoms with Gasteiger partial charge in [0.2, 0.25) is 11.0 Å².